The number of nitrogens with zero attached hydrogens (tertiary/aromatic N) is 7. The molecule has 19 heteroatoms. The highest BCUT2D eigenvalue weighted by Gasteiger charge is 2.23. The highest BCUT2D eigenvalue weighted by molar-refractivity contribution is 7.86. The fraction of sp³-hybridized carbons (Fsp3) is 0. The number of rotatable bonds is 8. The molecule has 0 radical (unpaired) electrons. The molecule has 0 amide bonds. The Labute approximate surface area is 257 Å². The Morgan fingerprint density at radius 3 is 1.89 bits per heavy atom. The van der Waals surface area contributed by atoms with Crippen molar-refractivity contribution in [3.8, 4) is 11.4 Å². The first-order chi connectivity index (χ1) is 21.7. The maximum absolute atomic E-state index is 12.4. The van der Waals surface area contributed by atoms with Crippen LogP contribution in [0.3, 0.4) is 0 Å². The summed E-state index contributed by atoms with van der Waals surface area (Å²) in [6.45, 7) is 0. The van der Waals surface area contributed by atoms with Gasteiger partial charge in [0.2, 0.25) is 0 Å². The predicted molar refractivity (Wildman–Crippen MR) is 160 cm³/mol. The maximum atomic E-state index is 12.4. The fourth-order valence-electron chi connectivity index (χ4n) is 4.58. The highest BCUT2D eigenvalue weighted by Crippen LogP contribution is 2.29. The molecule has 0 aliphatic rings. The van der Waals surface area contributed by atoms with Gasteiger partial charge >= 0.3 is 5.97 Å². The van der Waals surface area contributed by atoms with Crippen molar-refractivity contribution in [1.82, 2.24) is 30.0 Å². The van der Waals surface area contributed by atoms with Crippen molar-refractivity contribution in [2.45, 2.75) is 9.79 Å². The van der Waals surface area contributed by atoms with Crippen LogP contribution in [0, 0.1) is 10.1 Å². The summed E-state index contributed by atoms with van der Waals surface area (Å²) < 4.78 is 68.1. The van der Waals surface area contributed by atoms with Gasteiger partial charge in [-0.3, -0.25) is 19.2 Å². The van der Waals surface area contributed by atoms with Gasteiger partial charge in [-0.2, -0.15) is 26.4 Å². The Kier molecular flexibility index (Phi) is 7.16. The van der Waals surface area contributed by atoms with Crippen molar-refractivity contribution in [1.29, 1.82) is 0 Å². The van der Waals surface area contributed by atoms with Gasteiger partial charge in [0.25, 0.3) is 25.9 Å². The largest absolute Gasteiger partial charge is 0.478 e. The monoisotopic (exact) mass is 663 g/mol. The van der Waals surface area contributed by atoms with Gasteiger partial charge in [-0.1, -0.05) is 36.4 Å². The van der Waals surface area contributed by atoms with Crippen molar-refractivity contribution in [3.63, 3.8) is 0 Å². The SMILES string of the molecule is O=C(O)c1cc2nn(-c3ccccc3)nc2c2nn(-c3ccc(/C=C/c4ccc([N+](=O)[O-])cc4S(=O)(=O)O)c(S(=O)(=O)O)c3)nc12. The molecule has 0 bridgehead atoms. The number of carboxylic acid groups (broad SMARTS) is 1. The third kappa shape index (κ3) is 5.57. The van der Waals surface area contributed by atoms with E-state index in [0.29, 0.717) is 11.8 Å². The lowest BCUT2D eigenvalue weighted by atomic mass is 10.1. The van der Waals surface area contributed by atoms with E-state index in [1.54, 1.807) is 30.3 Å². The molecule has 17 nitrogen and oxygen atoms in total. The van der Waals surface area contributed by atoms with E-state index in [1.165, 1.54) is 23.0 Å². The van der Waals surface area contributed by atoms with Crippen LogP contribution < -0.4 is 0 Å². The number of aromatic nitrogens is 6. The molecule has 0 fully saturated rings. The number of para-hydroxylation sites is 1. The van der Waals surface area contributed by atoms with Crippen molar-refractivity contribution < 1.29 is 40.8 Å². The average Bonchev–Trinajstić information content (AvgIpc) is 3.64. The number of hydrogen-bond acceptors (Lipinski definition) is 11. The fourth-order valence-corrected chi connectivity index (χ4v) is 5.98. The second-order valence-corrected chi connectivity index (χ2v) is 12.4. The third-order valence-corrected chi connectivity index (χ3v) is 8.48. The van der Waals surface area contributed by atoms with Crippen LogP contribution in [0.5, 0.6) is 0 Å². The molecule has 0 aliphatic carbocycles. The van der Waals surface area contributed by atoms with E-state index in [9.17, 15) is 46.0 Å². The molecule has 3 N–H and O–H groups in total. The Bertz CT molecular complexity index is 2490. The van der Waals surface area contributed by atoms with E-state index in [0.717, 1.165) is 35.1 Å². The highest BCUT2D eigenvalue weighted by atomic mass is 32.2. The molecule has 4 aromatic carbocycles. The number of hydrogen-bond donors (Lipinski definition) is 3. The topological polar surface area (TPSA) is 251 Å². The van der Waals surface area contributed by atoms with Crippen LogP contribution in [0.2, 0.25) is 0 Å². The number of aromatic carboxylic acids is 1. The molecule has 0 saturated heterocycles. The molecule has 0 unspecified atom stereocenters. The second kappa shape index (κ2) is 10.9. The summed E-state index contributed by atoms with van der Waals surface area (Å²) in [5.74, 6) is -1.33. The van der Waals surface area contributed by atoms with Crippen LogP contribution in [-0.4, -0.2) is 71.9 Å². The molecule has 0 aliphatic heterocycles. The van der Waals surface area contributed by atoms with Crippen LogP contribution in [0.15, 0.2) is 82.6 Å². The zero-order valence-corrected chi connectivity index (χ0v) is 24.4. The summed E-state index contributed by atoms with van der Waals surface area (Å²) in [5, 5.41) is 38.3. The lowest BCUT2D eigenvalue weighted by Crippen LogP contribution is -2.05. The van der Waals surface area contributed by atoms with Gasteiger partial charge in [-0.15, -0.1) is 20.4 Å². The van der Waals surface area contributed by atoms with Crippen LogP contribution in [0.4, 0.5) is 5.69 Å². The summed E-state index contributed by atoms with van der Waals surface area (Å²) >= 11 is 0. The first-order valence-corrected chi connectivity index (χ1v) is 15.6. The van der Waals surface area contributed by atoms with Gasteiger partial charge in [-0.05, 0) is 47.5 Å². The molecule has 0 spiro atoms. The van der Waals surface area contributed by atoms with E-state index >= 15 is 0 Å². The number of fused-ring (bicyclic) bond motifs is 3. The molecular formula is C27H17N7O10S2. The normalized spacial score (nSPS) is 12.3. The summed E-state index contributed by atoms with van der Waals surface area (Å²) in [6, 6.07) is 16.3. The number of carboxylic acids is 1. The number of non-ortho nitro benzene ring substituents is 1. The predicted octanol–water partition coefficient (Wildman–Crippen LogP) is 3.42. The number of nitro groups is 1. The zero-order chi connectivity index (χ0) is 33.0. The molecule has 6 aromatic rings. The van der Waals surface area contributed by atoms with Gasteiger partial charge < -0.3 is 5.11 Å². The smallest absolute Gasteiger partial charge is 0.338 e. The van der Waals surface area contributed by atoms with Crippen LogP contribution in [-0.2, 0) is 20.2 Å². The molecule has 2 heterocycles. The third-order valence-electron chi connectivity index (χ3n) is 6.67. The Morgan fingerprint density at radius 1 is 0.717 bits per heavy atom. The molecule has 0 atom stereocenters. The summed E-state index contributed by atoms with van der Waals surface area (Å²) in [5.41, 5.74) is -0.269. The number of carbonyl (C=O) groups is 1. The van der Waals surface area contributed by atoms with Gasteiger partial charge in [-0.25, -0.2) is 4.79 Å². The number of benzene rings is 4. The van der Waals surface area contributed by atoms with E-state index in [1.807, 2.05) is 0 Å². The Morgan fingerprint density at radius 2 is 1.28 bits per heavy atom. The zero-order valence-electron chi connectivity index (χ0n) is 22.7. The molecule has 6 rings (SSSR count). The second-order valence-electron chi connectivity index (χ2n) is 9.59. The van der Waals surface area contributed by atoms with Gasteiger partial charge in [0.1, 0.15) is 31.9 Å². The summed E-state index contributed by atoms with van der Waals surface area (Å²) in [4.78, 5) is 23.1. The van der Waals surface area contributed by atoms with Gasteiger partial charge in [0.05, 0.1) is 21.9 Å². The molecule has 0 saturated carbocycles. The first-order valence-electron chi connectivity index (χ1n) is 12.7. The lowest BCUT2D eigenvalue weighted by Gasteiger charge is -2.07. The van der Waals surface area contributed by atoms with Crippen molar-refractivity contribution in [2.75, 3.05) is 0 Å². The van der Waals surface area contributed by atoms with Crippen LogP contribution in [0.1, 0.15) is 21.5 Å². The van der Waals surface area contributed by atoms with E-state index in [-0.39, 0.29) is 44.4 Å². The first kappa shape index (κ1) is 30.1. The van der Waals surface area contributed by atoms with Crippen LogP contribution in [0.25, 0.3) is 45.6 Å². The minimum atomic E-state index is -4.94. The Hall–Kier alpha value is -5.89. The average molecular weight is 664 g/mol. The molecular weight excluding hydrogens is 646 g/mol. The molecule has 2 aromatic heterocycles. The maximum Gasteiger partial charge on any atom is 0.338 e. The molecule has 232 valence electrons. The lowest BCUT2D eigenvalue weighted by molar-refractivity contribution is -0.385. The van der Waals surface area contributed by atoms with E-state index in [2.05, 4.69) is 20.4 Å². The van der Waals surface area contributed by atoms with Crippen molar-refractivity contribution in [3.05, 3.63) is 99.6 Å². The standard InChI is InChI=1S/C27H17N7O10S2/c35-27(36)20-14-21-25(30-32(28-21)17-4-2-1-3-5-17)26-24(20)29-33(31-26)18-10-8-15(22(12-18)45(39,40)41)6-7-16-9-11-19(34(37)38)13-23(16)46(42,43)44/h1-14H,(H,35,36)(H,39,40,41)(H,42,43,44)/b7-6+. The minimum absolute atomic E-state index is 0.0186. The Balaban J connectivity index is 1.47. The van der Waals surface area contributed by atoms with E-state index < -0.39 is 46.6 Å². The quantitative estimate of drug-likeness (QED) is 0.0913. The van der Waals surface area contributed by atoms with E-state index in [4.69, 9.17) is 0 Å². The summed E-state index contributed by atoms with van der Waals surface area (Å²) in [7, 11) is -9.86. The van der Waals surface area contributed by atoms with Gasteiger partial charge in [0, 0.05) is 12.1 Å². The van der Waals surface area contributed by atoms with Gasteiger partial charge in [0.15, 0.2) is 0 Å². The number of nitro benzene ring substituents is 1. The van der Waals surface area contributed by atoms with Crippen molar-refractivity contribution in [2.24, 2.45) is 0 Å². The minimum Gasteiger partial charge on any atom is -0.478 e. The van der Waals surface area contributed by atoms with Crippen molar-refractivity contribution >= 4 is 66.1 Å². The van der Waals surface area contributed by atoms with Crippen LogP contribution >= 0.6 is 0 Å². The molecule has 46 heavy (non-hydrogen) atoms. The summed E-state index contributed by atoms with van der Waals surface area (Å²) in [6.07, 6.45) is 2.17.